The number of aliphatic hydroxyl groups excluding tert-OH is 1. The summed E-state index contributed by atoms with van der Waals surface area (Å²) in [5, 5.41) is 12.2. The predicted octanol–water partition coefficient (Wildman–Crippen LogP) is 2.23. The highest BCUT2D eigenvalue weighted by Gasteiger charge is 1.96. The topological polar surface area (TPSA) is 45.1 Å². The maximum atomic E-state index is 8.89. The molecule has 0 amide bonds. The number of nitrogens with one attached hydrogen (secondary N) is 1. The summed E-state index contributed by atoms with van der Waals surface area (Å²) < 4.78 is 0. The van der Waals surface area contributed by atoms with E-state index in [1.54, 1.807) is 6.20 Å². The van der Waals surface area contributed by atoms with Gasteiger partial charge in [-0.3, -0.25) is 4.98 Å². The van der Waals surface area contributed by atoms with Gasteiger partial charge in [0, 0.05) is 31.2 Å². The van der Waals surface area contributed by atoms with E-state index in [1.807, 2.05) is 36.5 Å². The van der Waals surface area contributed by atoms with Gasteiger partial charge in [0.15, 0.2) is 0 Å². The van der Waals surface area contributed by atoms with Crippen molar-refractivity contribution >= 4 is 5.69 Å². The first-order valence-corrected chi connectivity index (χ1v) is 5.71. The number of hydrogen-bond acceptors (Lipinski definition) is 3. The van der Waals surface area contributed by atoms with Gasteiger partial charge >= 0.3 is 0 Å². The average Bonchev–Trinajstić information content (AvgIpc) is 2.39. The van der Waals surface area contributed by atoms with Crippen molar-refractivity contribution in [1.29, 1.82) is 0 Å². The molecule has 2 rings (SSSR count). The molecule has 0 saturated carbocycles. The highest BCUT2D eigenvalue weighted by Crippen LogP contribution is 2.12. The lowest BCUT2D eigenvalue weighted by atomic mass is 10.1. The summed E-state index contributed by atoms with van der Waals surface area (Å²) >= 11 is 0. The van der Waals surface area contributed by atoms with Gasteiger partial charge in [-0.25, -0.2) is 0 Å². The van der Waals surface area contributed by atoms with E-state index in [0.29, 0.717) is 6.42 Å². The van der Waals surface area contributed by atoms with Crippen LogP contribution >= 0.6 is 0 Å². The Hall–Kier alpha value is -1.87. The predicted molar refractivity (Wildman–Crippen MR) is 68.8 cm³/mol. The van der Waals surface area contributed by atoms with Gasteiger partial charge in [0.1, 0.15) is 0 Å². The Morgan fingerprint density at radius 1 is 1.12 bits per heavy atom. The summed E-state index contributed by atoms with van der Waals surface area (Å²) in [4.78, 5) is 4.07. The van der Waals surface area contributed by atoms with Crippen molar-refractivity contribution in [3.63, 3.8) is 0 Å². The molecule has 0 atom stereocenters. The third-order valence-electron chi connectivity index (χ3n) is 2.55. The molecule has 0 spiro atoms. The maximum Gasteiger partial charge on any atom is 0.0471 e. The number of benzene rings is 1. The Morgan fingerprint density at radius 3 is 2.76 bits per heavy atom. The average molecular weight is 228 g/mol. The molecule has 0 aliphatic carbocycles. The van der Waals surface area contributed by atoms with Crippen LogP contribution in [-0.4, -0.2) is 16.7 Å². The molecule has 0 unspecified atom stereocenters. The van der Waals surface area contributed by atoms with Crippen LogP contribution < -0.4 is 5.32 Å². The SMILES string of the molecule is OCCc1cccc(NCc2cccnc2)c1. The van der Waals surface area contributed by atoms with Crippen molar-refractivity contribution in [3.05, 3.63) is 59.9 Å². The summed E-state index contributed by atoms with van der Waals surface area (Å²) in [6, 6.07) is 12.1. The summed E-state index contributed by atoms with van der Waals surface area (Å²) in [7, 11) is 0. The maximum absolute atomic E-state index is 8.89. The molecule has 17 heavy (non-hydrogen) atoms. The Bertz CT molecular complexity index is 457. The molecular formula is C14H16N2O. The number of aliphatic hydroxyl groups is 1. The zero-order valence-electron chi connectivity index (χ0n) is 9.63. The summed E-state index contributed by atoms with van der Waals surface area (Å²) in [6.45, 7) is 0.947. The van der Waals surface area contributed by atoms with Crippen LogP contribution in [0, 0.1) is 0 Å². The van der Waals surface area contributed by atoms with Crippen LogP contribution in [0.3, 0.4) is 0 Å². The normalized spacial score (nSPS) is 10.2. The largest absolute Gasteiger partial charge is 0.396 e. The number of anilines is 1. The van der Waals surface area contributed by atoms with Gasteiger partial charge in [-0.05, 0) is 35.7 Å². The lowest BCUT2D eigenvalue weighted by Crippen LogP contribution is -2.00. The van der Waals surface area contributed by atoms with E-state index >= 15 is 0 Å². The van der Waals surface area contributed by atoms with Crippen LogP contribution in [0.5, 0.6) is 0 Å². The smallest absolute Gasteiger partial charge is 0.0471 e. The van der Waals surface area contributed by atoms with Gasteiger partial charge in [0.2, 0.25) is 0 Å². The van der Waals surface area contributed by atoms with Gasteiger partial charge in [-0.1, -0.05) is 18.2 Å². The zero-order valence-corrected chi connectivity index (χ0v) is 9.63. The Balaban J connectivity index is 1.97. The van der Waals surface area contributed by atoms with Crippen molar-refractivity contribution < 1.29 is 5.11 Å². The van der Waals surface area contributed by atoms with Gasteiger partial charge in [-0.15, -0.1) is 0 Å². The minimum Gasteiger partial charge on any atom is -0.396 e. The lowest BCUT2D eigenvalue weighted by Gasteiger charge is -2.07. The van der Waals surface area contributed by atoms with E-state index in [1.165, 1.54) is 0 Å². The van der Waals surface area contributed by atoms with Gasteiger partial charge in [-0.2, -0.15) is 0 Å². The summed E-state index contributed by atoms with van der Waals surface area (Å²) in [5.74, 6) is 0. The lowest BCUT2D eigenvalue weighted by molar-refractivity contribution is 0.299. The van der Waals surface area contributed by atoms with Crippen molar-refractivity contribution in [1.82, 2.24) is 4.98 Å². The molecule has 1 aromatic carbocycles. The first-order chi connectivity index (χ1) is 8.38. The highest BCUT2D eigenvalue weighted by molar-refractivity contribution is 5.46. The first kappa shape index (κ1) is 11.6. The number of hydrogen-bond donors (Lipinski definition) is 2. The fourth-order valence-electron chi connectivity index (χ4n) is 1.67. The number of nitrogens with zero attached hydrogens (tertiary/aromatic N) is 1. The van der Waals surface area contributed by atoms with Gasteiger partial charge in [0.05, 0.1) is 0 Å². The van der Waals surface area contributed by atoms with Crippen molar-refractivity contribution in [2.75, 3.05) is 11.9 Å². The second-order valence-electron chi connectivity index (χ2n) is 3.89. The molecule has 0 bridgehead atoms. The molecule has 1 heterocycles. The van der Waals surface area contributed by atoms with E-state index in [-0.39, 0.29) is 6.61 Å². The molecule has 1 aromatic heterocycles. The number of aromatic nitrogens is 1. The fraction of sp³-hybridized carbons (Fsp3) is 0.214. The van der Waals surface area contributed by atoms with Crippen molar-refractivity contribution in [2.45, 2.75) is 13.0 Å². The van der Waals surface area contributed by atoms with Gasteiger partial charge < -0.3 is 10.4 Å². The molecule has 0 aliphatic rings. The van der Waals surface area contributed by atoms with Crippen molar-refractivity contribution in [3.8, 4) is 0 Å². The minimum atomic E-state index is 0.187. The quantitative estimate of drug-likeness (QED) is 0.825. The van der Waals surface area contributed by atoms with Gasteiger partial charge in [0.25, 0.3) is 0 Å². The Morgan fingerprint density at radius 2 is 2.00 bits per heavy atom. The fourth-order valence-corrected chi connectivity index (χ4v) is 1.67. The van der Waals surface area contributed by atoms with Crippen LogP contribution in [0.25, 0.3) is 0 Å². The van der Waals surface area contributed by atoms with E-state index in [9.17, 15) is 0 Å². The van der Waals surface area contributed by atoms with Crippen LogP contribution in [0.1, 0.15) is 11.1 Å². The number of rotatable bonds is 5. The Kier molecular flexibility index (Phi) is 4.11. The molecule has 0 saturated heterocycles. The first-order valence-electron chi connectivity index (χ1n) is 5.71. The molecular weight excluding hydrogens is 212 g/mol. The van der Waals surface area contributed by atoms with Crippen LogP contribution in [0.4, 0.5) is 5.69 Å². The summed E-state index contributed by atoms with van der Waals surface area (Å²) in [5.41, 5.74) is 3.36. The Labute approximate surface area is 101 Å². The molecule has 88 valence electrons. The summed E-state index contributed by atoms with van der Waals surface area (Å²) in [6.07, 6.45) is 4.32. The molecule has 0 radical (unpaired) electrons. The van der Waals surface area contributed by atoms with E-state index in [2.05, 4.69) is 16.4 Å². The van der Waals surface area contributed by atoms with Crippen molar-refractivity contribution in [2.24, 2.45) is 0 Å². The number of pyridine rings is 1. The third kappa shape index (κ3) is 3.57. The van der Waals surface area contributed by atoms with E-state index in [4.69, 9.17) is 5.11 Å². The minimum absolute atomic E-state index is 0.187. The van der Waals surface area contributed by atoms with Crippen LogP contribution in [-0.2, 0) is 13.0 Å². The molecule has 2 aromatic rings. The second kappa shape index (κ2) is 6.01. The standard InChI is InChI=1S/C14H16N2O/c17-8-6-12-3-1-5-14(9-12)16-11-13-4-2-7-15-10-13/h1-5,7,9-10,16-17H,6,8,11H2. The second-order valence-corrected chi connectivity index (χ2v) is 3.89. The molecule has 0 aliphatic heterocycles. The molecule has 3 nitrogen and oxygen atoms in total. The third-order valence-corrected chi connectivity index (χ3v) is 2.55. The van der Waals surface area contributed by atoms with E-state index < -0.39 is 0 Å². The van der Waals surface area contributed by atoms with Crippen LogP contribution in [0.15, 0.2) is 48.8 Å². The molecule has 0 fully saturated rings. The van der Waals surface area contributed by atoms with Crippen LogP contribution in [0.2, 0.25) is 0 Å². The van der Waals surface area contributed by atoms with E-state index in [0.717, 1.165) is 23.4 Å². The highest BCUT2D eigenvalue weighted by atomic mass is 16.2. The zero-order chi connectivity index (χ0) is 11.9. The molecule has 3 heteroatoms. The monoisotopic (exact) mass is 228 g/mol. The molecule has 2 N–H and O–H groups in total.